The molecule has 2 bridgehead atoms. The SMILES string of the molecule is CC(C)(C)Cn1ccc2c(NC(=O)C3C[C@H]4CC[C@@H]3C4)cccc2c1=O. The van der Waals surface area contributed by atoms with E-state index in [1.54, 1.807) is 4.57 Å². The summed E-state index contributed by atoms with van der Waals surface area (Å²) >= 11 is 0. The van der Waals surface area contributed by atoms with Crippen molar-refractivity contribution in [3.63, 3.8) is 0 Å². The number of nitrogens with zero attached hydrogens (tertiary/aromatic N) is 1. The van der Waals surface area contributed by atoms with E-state index in [0.717, 1.165) is 23.4 Å². The molecule has 0 radical (unpaired) electrons. The summed E-state index contributed by atoms with van der Waals surface area (Å²) in [5.41, 5.74) is 0.800. The Bertz CT molecular complexity index is 906. The molecule has 4 rings (SSSR count). The van der Waals surface area contributed by atoms with Gasteiger partial charge < -0.3 is 9.88 Å². The number of benzene rings is 1. The van der Waals surface area contributed by atoms with Crippen molar-refractivity contribution in [2.24, 2.45) is 23.2 Å². The number of hydrogen-bond acceptors (Lipinski definition) is 2. The van der Waals surface area contributed by atoms with E-state index in [4.69, 9.17) is 0 Å². The van der Waals surface area contributed by atoms with Gasteiger partial charge in [0.2, 0.25) is 5.91 Å². The van der Waals surface area contributed by atoms with Crippen LogP contribution < -0.4 is 10.9 Å². The van der Waals surface area contributed by atoms with Gasteiger partial charge in [0, 0.05) is 35.1 Å². The molecule has 1 amide bonds. The van der Waals surface area contributed by atoms with E-state index in [1.807, 2.05) is 30.5 Å². The number of anilines is 1. The molecule has 0 spiro atoms. The van der Waals surface area contributed by atoms with Crippen molar-refractivity contribution in [1.29, 1.82) is 0 Å². The predicted octanol–water partition coefficient (Wildman–Crippen LogP) is 4.42. The average molecular weight is 352 g/mol. The van der Waals surface area contributed by atoms with Crippen LogP contribution in [-0.4, -0.2) is 10.5 Å². The van der Waals surface area contributed by atoms with E-state index in [1.165, 1.54) is 19.3 Å². The molecule has 0 saturated heterocycles. The lowest BCUT2D eigenvalue weighted by molar-refractivity contribution is -0.121. The number of hydrogen-bond donors (Lipinski definition) is 1. The number of carbonyl (C=O) groups is 1. The fourth-order valence-electron chi connectivity index (χ4n) is 4.85. The zero-order chi connectivity index (χ0) is 18.5. The summed E-state index contributed by atoms with van der Waals surface area (Å²) in [4.78, 5) is 25.6. The molecule has 3 atom stereocenters. The Hall–Kier alpha value is -2.10. The van der Waals surface area contributed by atoms with Gasteiger partial charge in [-0.25, -0.2) is 0 Å². The van der Waals surface area contributed by atoms with Crippen LogP contribution in [-0.2, 0) is 11.3 Å². The molecule has 4 nitrogen and oxygen atoms in total. The van der Waals surface area contributed by atoms with Gasteiger partial charge in [-0.1, -0.05) is 33.3 Å². The Labute approximate surface area is 154 Å². The molecule has 0 aliphatic heterocycles. The van der Waals surface area contributed by atoms with E-state index in [0.29, 0.717) is 17.8 Å². The topological polar surface area (TPSA) is 51.1 Å². The van der Waals surface area contributed by atoms with Gasteiger partial charge in [-0.15, -0.1) is 0 Å². The molecule has 1 unspecified atom stereocenters. The van der Waals surface area contributed by atoms with Crippen LogP contribution in [0.25, 0.3) is 10.8 Å². The normalized spacial score (nSPS) is 25.0. The number of amides is 1. The fraction of sp³-hybridized carbons (Fsp3) is 0.545. The van der Waals surface area contributed by atoms with Gasteiger partial charge in [-0.2, -0.15) is 0 Å². The molecule has 2 saturated carbocycles. The molecule has 2 aliphatic carbocycles. The number of nitrogens with one attached hydrogen (secondary N) is 1. The van der Waals surface area contributed by atoms with Gasteiger partial charge in [0.1, 0.15) is 0 Å². The first-order valence-electron chi connectivity index (χ1n) is 9.75. The second-order valence-electron chi connectivity index (χ2n) is 9.35. The maximum Gasteiger partial charge on any atom is 0.258 e. The third-order valence-electron chi connectivity index (χ3n) is 6.00. The molecular formula is C22H28N2O2. The monoisotopic (exact) mass is 352 g/mol. The van der Waals surface area contributed by atoms with Gasteiger partial charge >= 0.3 is 0 Å². The molecule has 26 heavy (non-hydrogen) atoms. The number of rotatable bonds is 3. The van der Waals surface area contributed by atoms with Crippen LogP contribution in [0.5, 0.6) is 0 Å². The van der Waals surface area contributed by atoms with E-state index in [2.05, 4.69) is 26.1 Å². The zero-order valence-corrected chi connectivity index (χ0v) is 15.9. The van der Waals surface area contributed by atoms with Gasteiger partial charge in [0.05, 0.1) is 0 Å². The molecule has 2 fully saturated rings. The van der Waals surface area contributed by atoms with Gasteiger partial charge in [-0.3, -0.25) is 9.59 Å². The number of fused-ring (bicyclic) bond motifs is 3. The van der Waals surface area contributed by atoms with Crippen LogP contribution in [0.4, 0.5) is 5.69 Å². The lowest BCUT2D eigenvalue weighted by Crippen LogP contribution is -2.28. The summed E-state index contributed by atoms with van der Waals surface area (Å²) in [6, 6.07) is 7.57. The summed E-state index contributed by atoms with van der Waals surface area (Å²) in [5.74, 6) is 1.57. The van der Waals surface area contributed by atoms with Crippen molar-refractivity contribution in [2.45, 2.75) is 53.0 Å². The van der Waals surface area contributed by atoms with Crippen LogP contribution in [0.2, 0.25) is 0 Å². The summed E-state index contributed by atoms with van der Waals surface area (Å²) in [7, 11) is 0. The predicted molar refractivity (Wildman–Crippen MR) is 105 cm³/mol. The number of aromatic nitrogens is 1. The Kier molecular flexibility index (Phi) is 4.17. The van der Waals surface area contributed by atoms with Crippen molar-refractivity contribution >= 4 is 22.4 Å². The highest BCUT2D eigenvalue weighted by atomic mass is 16.2. The summed E-state index contributed by atoms with van der Waals surface area (Å²) < 4.78 is 1.77. The van der Waals surface area contributed by atoms with E-state index >= 15 is 0 Å². The highest BCUT2D eigenvalue weighted by molar-refractivity contribution is 6.02. The highest BCUT2D eigenvalue weighted by Crippen LogP contribution is 2.48. The second-order valence-corrected chi connectivity index (χ2v) is 9.35. The van der Waals surface area contributed by atoms with Crippen molar-refractivity contribution in [1.82, 2.24) is 4.57 Å². The molecule has 1 aromatic heterocycles. The molecule has 1 aromatic carbocycles. The van der Waals surface area contributed by atoms with Crippen molar-refractivity contribution in [2.75, 3.05) is 5.32 Å². The van der Waals surface area contributed by atoms with Gasteiger partial charge in [-0.05, 0) is 54.7 Å². The lowest BCUT2D eigenvalue weighted by atomic mass is 9.88. The van der Waals surface area contributed by atoms with Crippen LogP contribution in [0.1, 0.15) is 46.5 Å². The smallest absolute Gasteiger partial charge is 0.258 e. The molecule has 4 heteroatoms. The zero-order valence-electron chi connectivity index (χ0n) is 15.9. The molecule has 2 aliphatic rings. The molecule has 1 heterocycles. The summed E-state index contributed by atoms with van der Waals surface area (Å²) in [6.45, 7) is 7.03. The Morgan fingerprint density at radius 1 is 1.15 bits per heavy atom. The Morgan fingerprint density at radius 2 is 1.96 bits per heavy atom. The molecule has 1 N–H and O–H groups in total. The van der Waals surface area contributed by atoms with Gasteiger partial charge in [0.15, 0.2) is 0 Å². The Balaban J connectivity index is 1.63. The van der Waals surface area contributed by atoms with Crippen LogP contribution in [0.15, 0.2) is 35.3 Å². The summed E-state index contributed by atoms with van der Waals surface area (Å²) in [6.07, 6.45) is 6.57. The van der Waals surface area contributed by atoms with Crippen LogP contribution >= 0.6 is 0 Å². The van der Waals surface area contributed by atoms with Crippen LogP contribution in [0.3, 0.4) is 0 Å². The third-order valence-corrected chi connectivity index (χ3v) is 6.00. The lowest BCUT2D eigenvalue weighted by Gasteiger charge is -2.22. The van der Waals surface area contributed by atoms with Crippen molar-refractivity contribution in [3.05, 3.63) is 40.8 Å². The average Bonchev–Trinajstić information content (AvgIpc) is 3.20. The largest absolute Gasteiger partial charge is 0.325 e. The quantitative estimate of drug-likeness (QED) is 0.889. The van der Waals surface area contributed by atoms with E-state index in [9.17, 15) is 9.59 Å². The number of pyridine rings is 1. The molecule has 2 aromatic rings. The molecule has 138 valence electrons. The van der Waals surface area contributed by atoms with E-state index in [-0.39, 0.29) is 22.8 Å². The van der Waals surface area contributed by atoms with Crippen LogP contribution in [0, 0.1) is 23.2 Å². The number of carbonyl (C=O) groups excluding carboxylic acids is 1. The molecular weight excluding hydrogens is 324 g/mol. The maximum absolute atomic E-state index is 12.9. The minimum atomic E-state index is 0.00782. The van der Waals surface area contributed by atoms with Gasteiger partial charge in [0.25, 0.3) is 5.56 Å². The first-order chi connectivity index (χ1) is 12.3. The standard InChI is InChI=1S/C22H28N2O2/c1-22(2,3)13-24-10-9-16-17(21(24)26)5-4-6-19(16)23-20(25)18-12-14-7-8-15(18)11-14/h4-6,9-10,14-15,18H,7-8,11-13H2,1-3H3,(H,23,25)/t14-,15+,18?/m0/s1. The minimum absolute atomic E-state index is 0.00782. The van der Waals surface area contributed by atoms with Crippen molar-refractivity contribution < 1.29 is 4.79 Å². The fourth-order valence-corrected chi connectivity index (χ4v) is 4.85. The maximum atomic E-state index is 12.9. The van der Waals surface area contributed by atoms with Crippen molar-refractivity contribution in [3.8, 4) is 0 Å². The summed E-state index contributed by atoms with van der Waals surface area (Å²) in [5, 5.41) is 4.62. The first-order valence-corrected chi connectivity index (χ1v) is 9.75. The second kappa shape index (κ2) is 6.26. The Morgan fingerprint density at radius 3 is 2.62 bits per heavy atom. The highest BCUT2D eigenvalue weighted by Gasteiger charge is 2.43. The third kappa shape index (κ3) is 3.17. The van der Waals surface area contributed by atoms with E-state index < -0.39 is 0 Å². The first kappa shape index (κ1) is 17.3. The minimum Gasteiger partial charge on any atom is -0.325 e.